The molecule has 0 saturated carbocycles. The first kappa shape index (κ1) is 16.1. The maximum absolute atomic E-state index is 10.8. The Morgan fingerprint density at radius 3 is 1.59 bits per heavy atom. The lowest BCUT2D eigenvalue weighted by Crippen LogP contribution is -2.14. The molecule has 0 aromatic carbocycles. The Bertz CT molecular complexity index is 241. The van der Waals surface area contributed by atoms with Crippen LogP contribution >= 0.6 is 24.4 Å². The van der Waals surface area contributed by atoms with Gasteiger partial charge in [-0.2, -0.15) is 0 Å². The molecule has 0 atom stereocenters. The van der Waals surface area contributed by atoms with Crippen molar-refractivity contribution in [1.82, 2.24) is 0 Å². The van der Waals surface area contributed by atoms with E-state index in [1.54, 1.807) is 0 Å². The molecule has 0 bridgehead atoms. The fraction of sp³-hybridized carbons (Fsp3) is 0.600. The highest BCUT2D eigenvalue weighted by atomic mass is 32.1. The first-order chi connectivity index (χ1) is 8.20. The molecule has 0 rings (SSSR count). The molecule has 0 aromatic rings. The lowest BCUT2D eigenvalue weighted by Gasteiger charge is -2.05. The molecule has 0 amide bonds. The molecule has 5 nitrogen and oxygen atoms in total. The molecule has 0 aliphatic heterocycles. The molecule has 0 saturated heterocycles. The van der Waals surface area contributed by atoms with Crippen LogP contribution in [0, 0.1) is 0 Å². The molecule has 17 heavy (non-hydrogen) atoms. The second-order valence-corrected chi connectivity index (χ2v) is 3.46. The smallest absolute Gasteiger partial charge is 0.310 e. The Hall–Kier alpha value is -0.920. The Kier molecular flexibility index (Phi) is 10.9. The van der Waals surface area contributed by atoms with Crippen molar-refractivity contribution in [3.63, 3.8) is 0 Å². The zero-order valence-corrected chi connectivity index (χ0v) is 10.9. The number of hydrogen-bond acceptors (Lipinski definition) is 7. The Labute approximate surface area is 110 Å². The fourth-order valence-corrected chi connectivity index (χ4v) is 1.06. The van der Waals surface area contributed by atoms with Crippen LogP contribution in [0.4, 0.5) is 0 Å². The minimum atomic E-state index is -0.379. The number of carbonyl (C=O) groups excluding carboxylic acids is 2. The highest BCUT2D eigenvalue weighted by molar-refractivity contribution is 7.79. The van der Waals surface area contributed by atoms with E-state index in [-0.39, 0.29) is 51.2 Å². The standard InChI is InChI=1S/C10H14O5S2/c11-9(1-7-16)14-5-3-13-4-6-15-10(12)2-8-17/h7-8H,1-6H2. The topological polar surface area (TPSA) is 61.8 Å². The summed E-state index contributed by atoms with van der Waals surface area (Å²) < 4.78 is 14.6. The average Bonchev–Trinajstić information content (AvgIpc) is 2.28. The van der Waals surface area contributed by atoms with Gasteiger partial charge in [0.2, 0.25) is 0 Å². The first-order valence-electron chi connectivity index (χ1n) is 4.97. The van der Waals surface area contributed by atoms with Crippen molar-refractivity contribution < 1.29 is 23.8 Å². The second-order valence-electron chi connectivity index (χ2n) is 2.79. The number of rotatable bonds is 10. The molecule has 0 spiro atoms. The van der Waals surface area contributed by atoms with Crippen molar-refractivity contribution in [2.45, 2.75) is 12.8 Å². The number of carbonyl (C=O) groups is 2. The van der Waals surface area contributed by atoms with Gasteiger partial charge < -0.3 is 14.2 Å². The fourth-order valence-electron chi connectivity index (χ4n) is 0.785. The lowest BCUT2D eigenvalue weighted by atomic mass is 10.5. The van der Waals surface area contributed by atoms with E-state index in [1.165, 1.54) is 10.7 Å². The summed E-state index contributed by atoms with van der Waals surface area (Å²) >= 11 is 8.99. The van der Waals surface area contributed by atoms with Gasteiger partial charge in [0.1, 0.15) is 13.2 Å². The molecule has 0 fully saturated rings. The molecule has 0 radical (unpaired) electrons. The zero-order valence-electron chi connectivity index (χ0n) is 9.26. The van der Waals surface area contributed by atoms with Crippen LogP contribution in [0.3, 0.4) is 0 Å². The van der Waals surface area contributed by atoms with Crippen LogP contribution in [0.2, 0.25) is 0 Å². The number of thiocarbonyl (C=S) groups is 2. The quantitative estimate of drug-likeness (QED) is 0.334. The minimum Gasteiger partial charge on any atom is -0.463 e. The van der Waals surface area contributed by atoms with E-state index in [0.29, 0.717) is 0 Å². The van der Waals surface area contributed by atoms with Crippen LogP contribution in [0.5, 0.6) is 0 Å². The van der Waals surface area contributed by atoms with Crippen LogP contribution in [0.25, 0.3) is 0 Å². The van der Waals surface area contributed by atoms with Crippen LogP contribution in [-0.2, 0) is 23.8 Å². The minimum absolute atomic E-state index is 0.116. The summed E-state index contributed by atoms with van der Waals surface area (Å²) in [5, 5.41) is 2.61. The SMILES string of the molecule is O=C(CC=S)OCCOCCOC(=O)CC=S. The molecule has 0 heterocycles. The van der Waals surface area contributed by atoms with Gasteiger partial charge in [-0.3, -0.25) is 9.59 Å². The predicted molar refractivity (Wildman–Crippen MR) is 69.3 cm³/mol. The van der Waals surface area contributed by atoms with Crippen molar-refractivity contribution in [2.24, 2.45) is 0 Å². The number of ether oxygens (including phenoxy) is 3. The summed E-state index contributed by atoms with van der Waals surface area (Å²) in [5.41, 5.74) is 0. The maximum Gasteiger partial charge on any atom is 0.310 e. The van der Waals surface area contributed by atoms with Gasteiger partial charge in [-0.1, -0.05) is 24.4 Å². The largest absolute Gasteiger partial charge is 0.463 e. The molecule has 0 aliphatic rings. The summed E-state index contributed by atoms with van der Waals surface area (Å²) in [5.74, 6) is -0.757. The first-order valence-corrected chi connectivity index (χ1v) is 5.91. The van der Waals surface area contributed by atoms with Crippen molar-refractivity contribution in [3.8, 4) is 0 Å². The van der Waals surface area contributed by atoms with Gasteiger partial charge in [0, 0.05) is 0 Å². The van der Waals surface area contributed by atoms with E-state index in [9.17, 15) is 9.59 Å². The van der Waals surface area contributed by atoms with Crippen molar-refractivity contribution in [1.29, 1.82) is 0 Å². The van der Waals surface area contributed by atoms with E-state index < -0.39 is 0 Å². The Balaban J connectivity index is 3.23. The van der Waals surface area contributed by atoms with E-state index in [4.69, 9.17) is 14.2 Å². The van der Waals surface area contributed by atoms with Crippen LogP contribution < -0.4 is 0 Å². The number of esters is 2. The Morgan fingerprint density at radius 1 is 0.824 bits per heavy atom. The normalized spacial score (nSPS) is 9.41. The molecule has 96 valence electrons. The van der Waals surface area contributed by atoms with Crippen LogP contribution in [0.15, 0.2) is 0 Å². The van der Waals surface area contributed by atoms with E-state index in [0.717, 1.165) is 0 Å². The molecule has 0 aromatic heterocycles. The molecular weight excluding hydrogens is 264 g/mol. The molecule has 0 unspecified atom stereocenters. The average molecular weight is 278 g/mol. The van der Waals surface area contributed by atoms with E-state index >= 15 is 0 Å². The summed E-state index contributed by atoms with van der Waals surface area (Å²) in [7, 11) is 0. The lowest BCUT2D eigenvalue weighted by molar-refractivity contribution is -0.145. The van der Waals surface area contributed by atoms with Gasteiger partial charge in [-0.25, -0.2) is 0 Å². The summed E-state index contributed by atoms with van der Waals surface area (Å²) in [6.07, 6.45) is 0.231. The third kappa shape index (κ3) is 11.3. The highest BCUT2D eigenvalue weighted by Crippen LogP contribution is 1.87. The molecule has 0 N–H and O–H groups in total. The van der Waals surface area contributed by atoms with Crippen molar-refractivity contribution in [3.05, 3.63) is 0 Å². The van der Waals surface area contributed by atoms with Crippen molar-refractivity contribution >= 4 is 47.1 Å². The summed E-state index contributed by atoms with van der Waals surface area (Å²) in [4.78, 5) is 21.7. The van der Waals surface area contributed by atoms with Gasteiger partial charge in [-0.15, -0.1) is 0 Å². The highest BCUT2D eigenvalue weighted by Gasteiger charge is 2.00. The Morgan fingerprint density at radius 2 is 1.24 bits per heavy atom. The van der Waals surface area contributed by atoms with Crippen molar-refractivity contribution in [2.75, 3.05) is 26.4 Å². The second kappa shape index (κ2) is 11.6. The molecular formula is C10H14O5S2. The van der Waals surface area contributed by atoms with Gasteiger partial charge in [0.05, 0.1) is 26.1 Å². The monoisotopic (exact) mass is 278 g/mol. The third-order valence-corrected chi connectivity index (χ3v) is 1.81. The predicted octanol–water partition coefficient (Wildman–Crippen LogP) is 0.869. The maximum atomic E-state index is 10.8. The van der Waals surface area contributed by atoms with E-state index in [1.807, 2.05) is 0 Å². The van der Waals surface area contributed by atoms with Crippen LogP contribution in [-0.4, -0.2) is 49.1 Å². The summed E-state index contributed by atoms with van der Waals surface area (Å²) in [6, 6.07) is 0. The molecule has 7 heteroatoms. The third-order valence-electron chi connectivity index (χ3n) is 1.48. The van der Waals surface area contributed by atoms with E-state index in [2.05, 4.69) is 24.4 Å². The van der Waals surface area contributed by atoms with Gasteiger partial charge in [-0.05, 0) is 10.7 Å². The number of hydrogen-bond donors (Lipinski definition) is 0. The molecule has 0 aliphatic carbocycles. The van der Waals surface area contributed by atoms with Gasteiger partial charge in [0.15, 0.2) is 0 Å². The van der Waals surface area contributed by atoms with Gasteiger partial charge >= 0.3 is 11.9 Å². The van der Waals surface area contributed by atoms with Crippen LogP contribution in [0.1, 0.15) is 12.8 Å². The summed E-state index contributed by atoms with van der Waals surface area (Å²) in [6.45, 7) is 0.841. The zero-order chi connectivity index (χ0) is 12.9. The van der Waals surface area contributed by atoms with Gasteiger partial charge in [0.25, 0.3) is 0 Å².